The van der Waals surface area contributed by atoms with Gasteiger partial charge in [0, 0.05) is 25.5 Å². The predicted octanol–water partition coefficient (Wildman–Crippen LogP) is 2.47. The molecule has 0 aromatic carbocycles. The average molecular weight is 280 g/mol. The van der Waals surface area contributed by atoms with Crippen LogP contribution in [0.2, 0.25) is 0 Å². The van der Waals surface area contributed by atoms with Crippen molar-refractivity contribution in [2.75, 3.05) is 18.9 Å². The molecular weight excluding hydrogens is 260 g/mol. The Labute approximate surface area is 118 Å². The van der Waals surface area contributed by atoms with Gasteiger partial charge in [-0.25, -0.2) is 0 Å². The van der Waals surface area contributed by atoms with Crippen molar-refractivity contribution in [1.29, 1.82) is 0 Å². The van der Waals surface area contributed by atoms with Crippen molar-refractivity contribution in [3.8, 4) is 0 Å². The van der Waals surface area contributed by atoms with Gasteiger partial charge in [-0.1, -0.05) is 0 Å². The molecule has 4 nitrogen and oxygen atoms in total. The minimum Gasteiger partial charge on any atom is -0.379 e. The van der Waals surface area contributed by atoms with E-state index in [1.165, 1.54) is 0 Å². The number of nitrogens with zero attached hydrogens (tertiary/aromatic N) is 2. The third-order valence-electron chi connectivity index (χ3n) is 2.95. The van der Waals surface area contributed by atoms with Crippen LogP contribution in [0.3, 0.4) is 0 Å². The van der Waals surface area contributed by atoms with Crippen LogP contribution in [0, 0.1) is 0 Å². The van der Waals surface area contributed by atoms with Crippen LogP contribution in [0.4, 0.5) is 0 Å². The molecule has 1 saturated heterocycles. The number of thioether (sulfide) groups is 1. The second-order valence-electron chi connectivity index (χ2n) is 4.80. The zero-order valence-electron chi connectivity index (χ0n) is 11.4. The molecule has 0 bridgehead atoms. The number of hydrogen-bond donors (Lipinski definition) is 0. The monoisotopic (exact) mass is 280 g/mol. The lowest BCUT2D eigenvalue weighted by Crippen LogP contribution is -2.30. The molecular formula is C14H20N2O2S. The molecule has 2 rings (SSSR count). The summed E-state index contributed by atoms with van der Waals surface area (Å²) in [7, 11) is 0. The van der Waals surface area contributed by atoms with E-state index in [0.717, 1.165) is 18.5 Å². The zero-order chi connectivity index (χ0) is 13.7. The van der Waals surface area contributed by atoms with Crippen LogP contribution in [0.5, 0.6) is 0 Å². The number of pyridine rings is 1. The molecule has 0 spiro atoms. The number of carbonyl (C=O) groups excluding carboxylic acids is 1. The summed E-state index contributed by atoms with van der Waals surface area (Å²) in [5, 5.41) is 0.134. The Hall–Kier alpha value is -1.07. The Morgan fingerprint density at radius 1 is 1.47 bits per heavy atom. The van der Waals surface area contributed by atoms with Gasteiger partial charge in [0.2, 0.25) is 5.91 Å². The molecule has 0 saturated carbocycles. The molecule has 19 heavy (non-hydrogen) atoms. The summed E-state index contributed by atoms with van der Waals surface area (Å²) in [6, 6.07) is 3.96. The number of carbonyl (C=O) groups is 1. The van der Waals surface area contributed by atoms with Gasteiger partial charge in [0.15, 0.2) is 0 Å². The molecule has 1 aliphatic rings. The van der Waals surface area contributed by atoms with Gasteiger partial charge in [0.1, 0.15) is 5.37 Å². The molecule has 1 unspecified atom stereocenters. The highest BCUT2D eigenvalue weighted by Gasteiger charge is 2.32. The second kappa shape index (κ2) is 6.91. The van der Waals surface area contributed by atoms with E-state index in [2.05, 4.69) is 4.98 Å². The van der Waals surface area contributed by atoms with E-state index >= 15 is 0 Å². The van der Waals surface area contributed by atoms with Crippen LogP contribution in [0.1, 0.15) is 31.2 Å². The second-order valence-corrected chi connectivity index (χ2v) is 5.87. The topological polar surface area (TPSA) is 42.4 Å². The highest BCUT2D eigenvalue weighted by molar-refractivity contribution is 8.00. The van der Waals surface area contributed by atoms with Gasteiger partial charge >= 0.3 is 0 Å². The summed E-state index contributed by atoms with van der Waals surface area (Å²) >= 11 is 1.68. The first-order valence-electron chi connectivity index (χ1n) is 6.61. The summed E-state index contributed by atoms with van der Waals surface area (Å²) in [4.78, 5) is 17.9. The first-order chi connectivity index (χ1) is 9.18. The van der Waals surface area contributed by atoms with Gasteiger partial charge in [0.25, 0.3) is 0 Å². The van der Waals surface area contributed by atoms with Gasteiger partial charge < -0.3 is 9.64 Å². The van der Waals surface area contributed by atoms with Crippen LogP contribution in [-0.4, -0.2) is 40.8 Å². The fourth-order valence-electron chi connectivity index (χ4n) is 2.05. The molecule has 0 aliphatic carbocycles. The third-order valence-corrected chi connectivity index (χ3v) is 4.21. The maximum absolute atomic E-state index is 11.9. The van der Waals surface area contributed by atoms with Gasteiger partial charge in [-0.2, -0.15) is 0 Å². The minimum absolute atomic E-state index is 0.134. The summed E-state index contributed by atoms with van der Waals surface area (Å²) < 4.78 is 5.52. The van der Waals surface area contributed by atoms with E-state index in [-0.39, 0.29) is 17.4 Å². The third kappa shape index (κ3) is 3.94. The molecule has 0 N–H and O–H groups in total. The largest absolute Gasteiger partial charge is 0.379 e. The van der Waals surface area contributed by atoms with E-state index in [0.29, 0.717) is 12.4 Å². The van der Waals surface area contributed by atoms with Crippen LogP contribution in [0.15, 0.2) is 24.5 Å². The first-order valence-corrected chi connectivity index (χ1v) is 7.66. The van der Waals surface area contributed by atoms with Gasteiger partial charge in [0.05, 0.1) is 11.9 Å². The van der Waals surface area contributed by atoms with Crippen LogP contribution in [0.25, 0.3) is 0 Å². The van der Waals surface area contributed by atoms with E-state index in [4.69, 9.17) is 4.74 Å². The Balaban J connectivity index is 1.91. The number of ether oxygens (including phenoxy) is 1. The Morgan fingerprint density at radius 3 is 2.89 bits per heavy atom. The molecule has 0 radical (unpaired) electrons. The zero-order valence-corrected chi connectivity index (χ0v) is 12.2. The number of aromatic nitrogens is 1. The predicted molar refractivity (Wildman–Crippen MR) is 76.9 cm³/mol. The fourth-order valence-corrected chi connectivity index (χ4v) is 3.27. The number of hydrogen-bond acceptors (Lipinski definition) is 4. The van der Waals surface area contributed by atoms with Gasteiger partial charge in [-0.3, -0.25) is 9.78 Å². The van der Waals surface area contributed by atoms with Crippen molar-refractivity contribution in [1.82, 2.24) is 9.88 Å². The van der Waals surface area contributed by atoms with Crippen molar-refractivity contribution in [3.05, 3.63) is 30.1 Å². The highest BCUT2D eigenvalue weighted by atomic mass is 32.2. The quantitative estimate of drug-likeness (QED) is 0.751. The Morgan fingerprint density at radius 2 is 2.21 bits per heavy atom. The molecule has 1 aromatic heterocycles. The SMILES string of the molecule is CC(C)OCCCN1C(=O)CSC1c1ccncc1. The minimum atomic E-state index is 0.134. The fraction of sp³-hybridized carbons (Fsp3) is 0.571. The van der Waals surface area contributed by atoms with Crippen molar-refractivity contribution in [3.63, 3.8) is 0 Å². The molecule has 1 amide bonds. The van der Waals surface area contributed by atoms with Gasteiger partial charge in [-0.05, 0) is 38.0 Å². The first kappa shape index (κ1) is 14.3. The lowest BCUT2D eigenvalue weighted by molar-refractivity contribution is -0.128. The molecule has 1 atom stereocenters. The maximum Gasteiger partial charge on any atom is 0.233 e. The smallest absolute Gasteiger partial charge is 0.233 e. The summed E-state index contributed by atoms with van der Waals surface area (Å²) in [5.74, 6) is 0.786. The van der Waals surface area contributed by atoms with Crippen molar-refractivity contribution in [2.24, 2.45) is 0 Å². The number of amides is 1. The van der Waals surface area contributed by atoms with Crippen LogP contribution in [-0.2, 0) is 9.53 Å². The molecule has 104 valence electrons. The maximum atomic E-state index is 11.9. The molecule has 5 heteroatoms. The van der Waals surface area contributed by atoms with Gasteiger partial charge in [-0.15, -0.1) is 11.8 Å². The molecule has 1 fully saturated rings. The van der Waals surface area contributed by atoms with Crippen LogP contribution >= 0.6 is 11.8 Å². The summed E-state index contributed by atoms with van der Waals surface area (Å²) in [6.07, 6.45) is 4.68. The molecule has 2 heterocycles. The van der Waals surface area contributed by atoms with Crippen LogP contribution < -0.4 is 0 Å². The summed E-state index contributed by atoms with van der Waals surface area (Å²) in [6.45, 7) is 5.51. The molecule has 1 aromatic rings. The van der Waals surface area contributed by atoms with Crippen molar-refractivity contribution >= 4 is 17.7 Å². The van der Waals surface area contributed by atoms with Crippen molar-refractivity contribution in [2.45, 2.75) is 31.7 Å². The van der Waals surface area contributed by atoms with E-state index in [9.17, 15) is 4.79 Å². The number of rotatable bonds is 6. The Kier molecular flexibility index (Phi) is 5.22. The standard InChI is InChI=1S/C14H20N2O2S/c1-11(2)18-9-3-8-16-13(17)10-19-14(16)12-4-6-15-7-5-12/h4-7,11,14H,3,8-10H2,1-2H3. The van der Waals surface area contributed by atoms with E-state index < -0.39 is 0 Å². The molecule has 1 aliphatic heterocycles. The normalized spacial score (nSPS) is 19.4. The van der Waals surface area contributed by atoms with E-state index in [1.54, 1.807) is 24.2 Å². The highest BCUT2D eigenvalue weighted by Crippen LogP contribution is 2.38. The average Bonchev–Trinajstić information content (AvgIpc) is 2.77. The lowest BCUT2D eigenvalue weighted by atomic mass is 10.2. The van der Waals surface area contributed by atoms with E-state index in [1.807, 2.05) is 30.9 Å². The Bertz CT molecular complexity index is 411. The van der Waals surface area contributed by atoms with Crippen molar-refractivity contribution < 1.29 is 9.53 Å². The lowest BCUT2D eigenvalue weighted by Gasteiger charge is -2.24. The summed E-state index contributed by atoms with van der Waals surface area (Å²) in [5.41, 5.74) is 1.15.